The van der Waals surface area contributed by atoms with Gasteiger partial charge in [0.15, 0.2) is 5.84 Å². The molecule has 0 fully saturated rings. The first-order valence-electron chi connectivity index (χ1n) is 12.3. The lowest BCUT2D eigenvalue weighted by molar-refractivity contribution is -0.152. The van der Waals surface area contributed by atoms with Crippen molar-refractivity contribution in [2.45, 2.75) is 46.5 Å². The van der Waals surface area contributed by atoms with Crippen LogP contribution >= 0.6 is 0 Å². The molecule has 2 aromatic heterocycles. The molecule has 0 saturated heterocycles. The highest BCUT2D eigenvalue weighted by Crippen LogP contribution is 2.26. The first-order chi connectivity index (χ1) is 18.0. The first-order valence-corrected chi connectivity index (χ1v) is 17.9. The van der Waals surface area contributed by atoms with Crippen LogP contribution in [0.3, 0.4) is 0 Å². The summed E-state index contributed by atoms with van der Waals surface area (Å²) < 4.78 is 40.3. The van der Waals surface area contributed by atoms with Crippen LogP contribution in [0.5, 0.6) is 5.88 Å². The third-order valence-corrected chi connectivity index (χ3v) is 8.16. The average molecular weight is 578 g/mol. The van der Waals surface area contributed by atoms with E-state index in [2.05, 4.69) is 39.6 Å². The molecule has 11 nitrogen and oxygen atoms in total. The van der Waals surface area contributed by atoms with Crippen LogP contribution in [-0.2, 0) is 24.1 Å². The number of rotatable bonds is 11. The fourth-order valence-electron chi connectivity index (χ4n) is 3.15. The summed E-state index contributed by atoms with van der Waals surface area (Å²) in [5, 5.41) is -0.412. The smallest absolute Gasteiger partial charge is 0.314 e. The maximum absolute atomic E-state index is 12.2. The third-order valence-electron chi connectivity index (χ3n) is 5.58. The highest BCUT2D eigenvalue weighted by molar-refractivity contribution is 8.05. The zero-order valence-corrected chi connectivity index (χ0v) is 25.8. The van der Waals surface area contributed by atoms with E-state index in [9.17, 15) is 13.2 Å². The predicted octanol–water partition coefficient (Wildman–Crippen LogP) is 3.45. The number of aromatic nitrogens is 2. The van der Waals surface area contributed by atoms with Crippen molar-refractivity contribution in [1.82, 2.24) is 9.97 Å². The number of carbonyl (C=O) groups is 1. The Morgan fingerprint density at radius 2 is 1.85 bits per heavy atom. The molecule has 2 rings (SSSR count). The minimum atomic E-state index is -3.73. The second-order valence-corrected chi connectivity index (χ2v) is 18.5. The molecule has 0 saturated carbocycles. The molecule has 0 unspecified atom stereocenters. The van der Waals surface area contributed by atoms with Crippen LogP contribution in [0.15, 0.2) is 40.6 Å². The van der Waals surface area contributed by atoms with Crippen molar-refractivity contribution < 1.29 is 27.4 Å². The van der Waals surface area contributed by atoms with Crippen LogP contribution in [-0.4, -0.2) is 76.7 Å². The van der Waals surface area contributed by atoms with Gasteiger partial charge < -0.3 is 19.9 Å². The third kappa shape index (κ3) is 10.1. The Kier molecular flexibility index (Phi) is 10.9. The summed E-state index contributed by atoms with van der Waals surface area (Å²) in [4.78, 5) is 28.5. The molecule has 39 heavy (non-hydrogen) atoms. The highest BCUT2D eigenvalue weighted by atomic mass is 32.2. The lowest BCUT2D eigenvalue weighted by Crippen LogP contribution is -2.32. The second kappa shape index (κ2) is 13.3. The van der Waals surface area contributed by atoms with Gasteiger partial charge >= 0.3 is 5.97 Å². The molecule has 0 aromatic carbocycles. The van der Waals surface area contributed by atoms with Crippen molar-refractivity contribution in [2.24, 2.45) is 21.1 Å². The minimum absolute atomic E-state index is 0.0837. The largest absolute Gasteiger partial charge is 0.476 e. The van der Waals surface area contributed by atoms with Gasteiger partial charge in [-0.1, -0.05) is 25.7 Å². The number of nitrogens with zero attached hydrogens (tertiary/aromatic N) is 4. The number of pyridine rings is 2. The van der Waals surface area contributed by atoms with Crippen LogP contribution in [0.4, 0.5) is 0 Å². The first kappa shape index (κ1) is 32.1. The standard InChI is InChI=1S/C26H39N5O6SSi/c1-18-13-22(37-16-26(2,3)24(32)35-4)29-15-20(18)19-9-10-21(28-14-19)23(27)31-25(38(5,33)34)30-17-36-11-12-39(6,7)8/h9-10,13-15H,11-12,16-17H2,1-8H3,(H2,27,30,31). The molecule has 0 atom stereocenters. The van der Waals surface area contributed by atoms with Gasteiger partial charge in [-0.15, -0.1) is 0 Å². The van der Waals surface area contributed by atoms with Gasteiger partial charge in [-0.3, -0.25) is 9.78 Å². The lowest BCUT2D eigenvalue weighted by atomic mass is 9.95. The zero-order chi connectivity index (χ0) is 29.4. The van der Waals surface area contributed by atoms with E-state index in [1.807, 2.05) is 6.92 Å². The van der Waals surface area contributed by atoms with E-state index in [4.69, 9.17) is 19.9 Å². The fourth-order valence-corrected chi connectivity index (χ4v) is 4.45. The molecule has 13 heteroatoms. The van der Waals surface area contributed by atoms with Crippen molar-refractivity contribution in [3.05, 3.63) is 41.9 Å². The number of hydrogen-bond donors (Lipinski definition) is 1. The Bertz CT molecular complexity index is 1320. The Hall–Kier alpha value is -3.16. The summed E-state index contributed by atoms with van der Waals surface area (Å²) >= 11 is 0. The molecule has 0 spiro atoms. The number of aliphatic imine (C=N–C) groups is 2. The molecule has 0 radical (unpaired) electrons. The number of amidine groups is 2. The molecule has 2 heterocycles. The summed E-state index contributed by atoms with van der Waals surface area (Å²) in [7, 11) is -3.66. The van der Waals surface area contributed by atoms with Crippen LogP contribution in [0.2, 0.25) is 25.7 Å². The number of ether oxygens (including phenoxy) is 3. The van der Waals surface area contributed by atoms with E-state index >= 15 is 0 Å². The van der Waals surface area contributed by atoms with E-state index in [1.54, 1.807) is 44.4 Å². The zero-order valence-electron chi connectivity index (χ0n) is 23.9. The maximum atomic E-state index is 12.2. The number of aryl methyl sites for hydroxylation is 1. The molecule has 0 aliphatic carbocycles. The van der Waals surface area contributed by atoms with Crippen LogP contribution < -0.4 is 10.5 Å². The van der Waals surface area contributed by atoms with Crippen molar-refractivity contribution in [1.29, 1.82) is 0 Å². The quantitative estimate of drug-likeness (QED) is 0.139. The van der Waals surface area contributed by atoms with Gasteiger partial charge in [0.05, 0.1) is 12.5 Å². The molecule has 0 aliphatic rings. The average Bonchev–Trinajstić information content (AvgIpc) is 2.85. The molecule has 0 bridgehead atoms. The topological polar surface area (TPSA) is 155 Å². The number of hydrogen-bond acceptors (Lipinski definition) is 9. The van der Waals surface area contributed by atoms with Crippen molar-refractivity contribution in [2.75, 3.05) is 33.3 Å². The lowest BCUT2D eigenvalue weighted by Gasteiger charge is -2.21. The summed E-state index contributed by atoms with van der Waals surface area (Å²) in [6.07, 6.45) is 4.26. The van der Waals surface area contributed by atoms with E-state index < -0.39 is 28.5 Å². The van der Waals surface area contributed by atoms with Gasteiger partial charge in [-0.25, -0.2) is 18.4 Å². The number of sulfone groups is 1. The van der Waals surface area contributed by atoms with E-state index in [0.29, 0.717) is 18.2 Å². The predicted molar refractivity (Wildman–Crippen MR) is 155 cm³/mol. The van der Waals surface area contributed by atoms with E-state index in [1.165, 1.54) is 7.11 Å². The number of carbonyl (C=O) groups excluding carboxylic acids is 1. The van der Waals surface area contributed by atoms with Crippen molar-refractivity contribution >= 4 is 34.9 Å². The second-order valence-electron chi connectivity index (χ2n) is 11.0. The highest BCUT2D eigenvalue weighted by Gasteiger charge is 2.30. The summed E-state index contributed by atoms with van der Waals surface area (Å²) in [6, 6.07) is 6.14. The summed E-state index contributed by atoms with van der Waals surface area (Å²) in [5.41, 5.74) is 8.02. The van der Waals surface area contributed by atoms with E-state index in [0.717, 1.165) is 29.0 Å². The number of esters is 1. The molecule has 2 N–H and O–H groups in total. The Morgan fingerprint density at radius 3 is 2.38 bits per heavy atom. The molecule has 0 amide bonds. The van der Waals surface area contributed by atoms with Crippen molar-refractivity contribution in [3.63, 3.8) is 0 Å². The van der Waals surface area contributed by atoms with Gasteiger partial charge in [0.2, 0.25) is 20.9 Å². The Morgan fingerprint density at radius 1 is 1.15 bits per heavy atom. The molecular formula is C26H39N5O6SSi. The SMILES string of the molecule is COC(=O)C(C)(C)COc1cc(C)c(-c2ccc(C(N)=NC(=NCOCC[Si](C)(C)C)S(C)(=O)=O)nc2)cn1. The van der Waals surface area contributed by atoms with Gasteiger partial charge in [0.25, 0.3) is 0 Å². The number of methoxy groups -OCH3 is 1. The maximum Gasteiger partial charge on any atom is 0.314 e. The van der Waals surface area contributed by atoms with Crippen LogP contribution in [0, 0.1) is 12.3 Å². The summed E-state index contributed by atoms with van der Waals surface area (Å²) in [6.45, 7) is 12.5. The van der Waals surface area contributed by atoms with Crippen LogP contribution in [0.25, 0.3) is 11.1 Å². The molecule has 0 aliphatic heterocycles. The number of nitrogens with two attached hydrogens (primary N) is 1. The van der Waals surface area contributed by atoms with Gasteiger partial charge in [-0.2, -0.15) is 4.99 Å². The van der Waals surface area contributed by atoms with Gasteiger partial charge in [-0.05, 0) is 38.4 Å². The fraction of sp³-hybridized carbons (Fsp3) is 0.500. The Labute approximate surface area is 231 Å². The van der Waals surface area contributed by atoms with Crippen molar-refractivity contribution in [3.8, 4) is 17.0 Å². The minimum Gasteiger partial charge on any atom is -0.476 e. The van der Waals surface area contributed by atoms with Crippen LogP contribution in [0.1, 0.15) is 25.1 Å². The van der Waals surface area contributed by atoms with E-state index in [-0.39, 0.29) is 25.1 Å². The monoisotopic (exact) mass is 577 g/mol. The molecule has 2 aromatic rings. The summed E-state index contributed by atoms with van der Waals surface area (Å²) in [5.74, 6) is -0.0728. The van der Waals surface area contributed by atoms with Gasteiger partial charge in [0.1, 0.15) is 19.0 Å². The van der Waals surface area contributed by atoms with Gasteiger partial charge in [0, 0.05) is 50.5 Å². The molecular weight excluding hydrogens is 538 g/mol. The normalized spacial score (nSPS) is 13.3. The Balaban J connectivity index is 2.15. The molecule has 214 valence electrons.